The van der Waals surface area contributed by atoms with Gasteiger partial charge in [-0.15, -0.1) is 0 Å². The lowest BCUT2D eigenvalue weighted by Gasteiger charge is -2.12. The Labute approximate surface area is 140 Å². The van der Waals surface area contributed by atoms with Crippen LogP contribution in [0.1, 0.15) is 21.6 Å². The smallest absolute Gasteiger partial charge is 0.355 e. The molecule has 3 rings (SSSR count). The van der Waals surface area contributed by atoms with Crippen molar-refractivity contribution < 1.29 is 9.53 Å². The van der Waals surface area contributed by atoms with E-state index in [9.17, 15) is 9.59 Å². The maximum Gasteiger partial charge on any atom is 0.355 e. The van der Waals surface area contributed by atoms with Gasteiger partial charge in [0.15, 0.2) is 0 Å². The molecule has 0 saturated carbocycles. The van der Waals surface area contributed by atoms with Crippen LogP contribution in [0.25, 0.3) is 0 Å². The maximum absolute atomic E-state index is 12.4. The van der Waals surface area contributed by atoms with E-state index in [4.69, 9.17) is 4.74 Å². The fourth-order valence-corrected chi connectivity index (χ4v) is 2.42. The third kappa shape index (κ3) is 3.79. The number of benzene rings is 2. The number of aromatic nitrogens is 1. The topological polar surface area (TPSA) is 48.3 Å². The fraction of sp³-hybridized carbons (Fsp3) is 0.100. The van der Waals surface area contributed by atoms with Crippen LogP contribution in [-0.2, 0) is 17.9 Å². The van der Waals surface area contributed by atoms with Crippen LogP contribution in [0.3, 0.4) is 0 Å². The summed E-state index contributed by atoms with van der Waals surface area (Å²) in [6, 6.07) is 23.6. The van der Waals surface area contributed by atoms with E-state index in [0.29, 0.717) is 6.54 Å². The molecule has 1 heterocycles. The zero-order valence-corrected chi connectivity index (χ0v) is 13.1. The molecule has 0 atom stereocenters. The monoisotopic (exact) mass is 319 g/mol. The first-order chi connectivity index (χ1) is 11.7. The summed E-state index contributed by atoms with van der Waals surface area (Å²) in [4.78, 5) is 24.6. The number of ether oxygens (including phenoxy) is 1. The van der Waals surface area contributed by atoms with E-state index < -0.39 is 5.97 Å². The van der Waals surface area contributed by atoms with Crippen LogP contribution in [0.2, 0.25) is 0 Å². The van der Waals surface area contributed by atoms with Gasteiger partial charge in [0.1, 0.15) is 12.3 Å². The molecule has 2 aromatic carbocycles. The highest BCUT2D eigenvalue weighted by atomic mass is 16.5. The van der Waals surface area contributed by atoms with Crippen LogP contribution >= 0.6 is 0 Å². The summed E-state index contributed by atoms with van der Waals surface area (Å²) >= 11 is 0. The normalized spacial score (nSPS) is 10.3. The second-order valence-electron chi connectivity index (χ2n) is 5.38. The van der Waals surface area contributed by atoms with Crippen molar-refractivity contribution in [3.63, 3.8) is 0 Å². The molecule has 1 aromatic heterocycles. The van der Waals surface area contributed by atoms with Crippen molar-refractivity contribution in [1.29, 1.82) is 0 Å². The van der Waals surface area contributed by atoms with Crippen LogP contribution in [0, 0.1) is 0 Å². The van der Waals surface area contributed by atoms with Crippen LogP contribution in [0.5, 0.6) is 0 Å². The summed E-state index contributed by atoms with van der Waals surface area (Å²) in [5, 5.41) is 0. The highest BCUT2D eigenvalue weighted by molar-refractivity contribution is 5.87. The number of esters is 1. The standard InChI is InChI=1S/C20H17NO3/c22-19-13-7-12-18(21(19)14-16-8-3-1-4-9-16)20(23)24-15-17-10-5-2-6-11-17/h1-13H,14-15H2. The van der Waals surface area contributed by atoms with Crippen LogP contribution in [-0.4, -0.2) is 10.5 Å². The van der Waals surface area contributed by atoms with E-state index in [1.165, 1.54) is 10.6 Å². The van der Waals surface area contributed by atoms with Crippen molar-refractivity contribution in [2.75, 3.05) is 0 Å². The summed E-state index contributed by atoms with van der Waals surface area (Å²) in [5.41, 5.74) is 1.87. The molecule has 0 N–H and O–H groups in total. The van der Waals surface area contributed by atoms with E-state index in [1.54, 1.807) is 12.1 Å². The van der Waals surface area contributed by atoms with Gasteiger partial charge in [-0.1, -0.05) is 66.7 Å². The Hall–Kier alpha value is -3.14. The predicted octanol–water partition coefficient (Wildman–Crippen LogP) is 3.25. The minimum Gasteiger partial charge on any atom is -0.456 e. The molecule has 4 nitrogen and oxygen atoms in total. The first kappa shape index (κ1) is 15.7. The van der Waals surface area contributed by atoms with E-state index in [-0.39, 0.29) is 17.9 Å². The van der Waals surface area contributed by atoms with Gasteiger partial charge in [0.05, 0.1) is 6.54 Å². The SMILES string of the molecule is O=C(OCc1ccccc1)c1cccc(=O)n1Cc1ccccc1. The average Bonchev–Trinajstić information content (AvgIpc) is 2.63. The van der Waals surface area contributed by atoms with Crippen LogP contribution < -0.4 is 5.56 Å². The molecule has 0 aliphatic heterocycles. The van der Waals surface area contributed by atoms with Gasteiger partial charge < -0.3 is 4.74 Å². The van der Waals surface area contributed by atoms with Crippen molar-refractivity contribution in [3.05, 3.63) is 106 Å². The van der Waals surface area contributed by atoms with Gasteiger partial charge in [0, 0.05) is 6.07 Å². The molecular weight excluding hydrogens is 302 g/mol. The van der Waals surface area contributed by atoms with E-state index in [0.717, 1.165) is 11.1 Å². The van der Waals surface area contributed by atoms with Crippen molar-refractivity contribution in [2.24, 2.45) is 0 Å². The first-order valence-electron chi connectivity index (χ1n) is 7.69. The van der Waals surface area contributed by atoms with E-state index in [1.807, 2.05) is 60.7 Å². The van der Waals surface area contributed by atoms with Gasteiger partial charge in [-0.3, -0.25) is 9.36 Å². The van der Waals surface area contributed by atoms with Gasteiger partial charge in [-0.05, 0) is 17.2 Å². The quantitative estimate of drug-likeness (QED) is 0.678. The number of rotatable bonds is 5. The molecule has 24 heavy (non-hydrogen) atoms. The highest BCUT2D eigenvalue weighted by Crippen LogP contribution is 2.08. The fourth-order valence-electron chi connectivity index (χ4n) is 2.42. The molecule has 0 aliphatic carbocycles. The Morgan fingerprint density at radius 1 is 0.792 bits per heavy atom. The van der Waals surface area contributed by atoms with E-state index in [2.05, 4.69) is 0 Å². The second kappa shape index (κ2) is 7.42. The molecule has 0 bridgehead atoms. The molecule has 0 spiro atoms. The lowest BCUT2D eigenvalue weighted by atomic mass is 10.2. The number of nitrogens with zero attached hydrogens (tertiary/aromatic N) is 1. The molecule has 0 amide bonds. The first-order valence-corrected chi connectivity index (χ1v) is 7.69. The highest BCUT2D eigenvalue weighted by Gasteiger charge is 2.14. The molecule has 0 radical (unpaired) electrons. The Kier molecular flexibility index (Phi) is 4.87. The molecule has 4 heteroatoms. The summed E-state index contributed by atoms with van der Waals surface area (Å²) in [7, 11) is 0. The summed E-state index contributed by atoms with van der Waals surface area (Å²) in [6.45, 7) is 0.504. The molecule has 3 aromatic rings. The Bertz CT molecular complexity index is 870. The molecule has 0 aliphatic rings. The zero-order chi connectivity index (χ0) is 16.8. The van der Waals surface area contributed by atoms with Gasteiger partial charge in [-0.2, -0.15) is 0 Å². The molecule has 0 fully saturated rings. The number of hydrogen-bond donors (Lipinski definition) is 0. The van der Waals surface area contributed by atoms with Crippen molar-refractivity contribution in [3.8, 4) is 0 Å². The van der Waals surface area contributed by atoms with Crippen molar-refractivity contribution in [1.82, 2.24) is 4.57 Å². The van der Waals surface area contributed by atoms with Gasteiger partial charge in [-0.25, -0.2) is 4.79 Å². The predicted molar refractivity (Wildman–Crippen MR) is 91.8 cm³/mol. The van der Waals surface area contributed by atoms with Crippen molar-refractivity contribution >= 4 is 5.97 Å². The number of hydrogen-bond acceptors (Lipinski definition) is 3. The minimum atomic E-state index is -0.507. The second-order valence-corrected chi connectivity index (χ2v) is 5.38. The Morgan fingerprint density at radius 3 is 2.08 bits per heavy atom. The maximum atomic E-state index is 12.4. The lowest BCUT2D eigenvalue weighted by molar-refractivity contribution is 0.0459. The third-order valence-electron chi connectivity index (χ3n) is 3.66. The number of carbonyl (C=O) groups is 1. The van der Waals surface area contributed by atoms with Crippen LogP contribution in [0.4, 0.5) is 0 Å². The van der Waals surface area contributed by atoms with E-state index >= 15 is 0 Å². The third-order valence-corrected chi connectivity index (χ3v) is 3.66. The largest absolute Gasteiger partial charge is 0.456 e. The molecule has 120 valence electrons. The Morgan fingerprint density at radius 2 is 1.42 bits per heavy atom. The lowest BCUT2D eigenvalue weighted by Crippen LogP contribution is -2.26. The van der Waals surface area contributed by atoms with Gasteiger partial charge >= 0.3 is 5.97 Å². The zero-order valence-electron chi connectivity index (χ0n) is 13.1. The number of carbonyl (C=O) groups excluding carboxylic acids is 1. The van der Waals surface area contributed by atoms with Gasteiger partial charge in [0.2, 0.25) is 0 Å². The summed E-state index contributed by atoms with van der Waals surface area (Å²) < 4.78 is 6.78. The minimum absolute atomic E-state index is 0.175. The Balaban J connectivity index is 1.81. The molecule has 0 unspecified atom stereocenters. The summed E-state index contributed by atoms with van der Waals surface area (Å²) in [5.74, 6) is -0.507. The molecular formula is C20H17NO3. The molecule has 0 saturated heterocycles. The average molecular weight is 319 g/mol. The number of pyridine rings is 1. The summed E-state index contributed by atoms with van der Waals surface area (Å²) in [6.07, 6.45) is 0. The van der Waals surface area contributed by atoms with Crippen molar-refractivity contribution in [2.45, 2.75) is 13.2 Å². The van der Waals surface area contributed by atoms with Crippen LogP contribution in [0.15, 0.2) is 83.7 Å². The van der Waals surface area contributed by atoms with Gasteiger partial charge in [0.25, 0.3) is 5.56 Å².